The maximum atomic E-state index is 14.4. The molecule has 51 heavy (non-hydrogen) atoms. The van der Waals surface area contributed by atoms with E-state index in [0.717, 1.165) is 39.6 Å². The molecule has 3 aliphatic carbocycles. The Morgan fingerprint density at radius 3 is 2.55 bits per heavy atom. The topological polar surface area (TPSA) is 101 Å². The molecule has 1 saturated carbocycles. The predicted molar refractivity (Wildman–Crippen MR) is 196 cm³/mol. The minimum atomic E-state index is -1.26. The van der Waals surface area contributed by atoms with Gasteiger partial charge in [-0.1, -0.05) is 73.2 Å². The fourth-order valence-electron chi connectivity index (χ4n) is 8.57. The van der Waals surface area contributed by atoms with Gasteiger partial charge in [-0.2, -0.15) is 0 Å². The Morgan fingerprint density at radius 2 is 1.76 bits per heavy atom. The summed E-state index contributed by atoms with van der Waals surface area (Å²) in [6.45, 7) is 4.55. The summed E-state index contributed by atoms with van der Waals surface area (Å²) in [5, 5.41) is 46.6. The lowest BCUT2D eigenvalue weighted by molar-refractivity contribution is -0.0907. The number of benzene rings is 4. The van der Waals surface area contributed by atoms with E-state index in [1.165, 1.54) is 11.6 Å². The molecule has 3 aliphatic rings. The van der Waals surface area contributed by atoms with Crippen molar-refractivity contribution < 1.29 is 34.0 Å². The second kappa shape index (κ2) is 15.4. The van der Waals surface area contributed by atoms with Crippen LogP contribution in [0.3, 0.4) is 0 Å². The Labute approximate surface area is 299 Å². The van der Waals surface area contributed by atoms with E-state index in [4.69, 9.17) is 0 Å². The van der Waals surface area contributed by atoms with Crippen molar-refractivity contribution in [2.75, 3.05) is 19.7 Å². The van der Waals surface area contributed by atoms with Crippen LogP contribution < -0.4 is 0 Å². The van der Waals surface area contributed by atoms with E-state index in [-0.39, 0.29) is 24.6 Å². The maximum absolute atomic E-state index is 14.4. The van der Waals surface area contributed by atoms with E-state index in [1.54, 1.807) is 6.07 Å². The Morgan fingerprint density at radius 1 is 0.980 bits per heavy atom. The highest BCUT2D eigenvalue weighted by Crippen LogP contribution is 2.59. The van der Waals surface area contributed by atoms with Crippen LogP contribution in [-0.4, -0.2) is 68.6 Å². The number of aliphatic hydroxyl groups excluding tert-OH is 3. The first-order valence-electron chi connectivity index (χ1n) is 18.1. The van der Waals surface area contributed by atoms with Crippen LogP contribution in [-0.2, 0) is 13.0 Å². The number of carbonyl (C=O) groups excluding carboxylic acids is 1. The third-order valence-electron chi connectivity index (χ3n) is 11.5. The fraction of sp³-hybridized carbons (Fsp3) is 0.419. The molecule has 5 atom stereocenters. The van der Waals surface area contributed by atoms with Crippen molar-refractivity contribution in [1.29, 1.82) is 0 Å². The van der Waals surface area contributed by atoms with Crippen LogP contribution in [0.2, 0.25) is 0 Å². The Bertz CT molecular complexity index is 1910. The monoisotopic (exact) mass is 697 g/mol. The highest BCUT2D eigenvalue weighted by molar-refractivity contribution is 6.10. The third-order valence-corrected chi connectivity index (χ3v) is 11.5. The fourth-order valence-corrected chi connectivity index (χ4v) is 8.57. The van der Waals surface area contributed by atoms with Gasteiger partial charge >= 0.3 is 0 Å². The van der Waals surface area contributed by atoms with Crippen molar-refractivity contribution in [1.82, 2.24) is 4.90 Å². The van der Waals surface area contributed by atoms with Gasteiger partial charge in [0.1, 0.15) is 0 Å². The van der Waals surface area contributed by atoms with Gasteiger partial charge in [-0.15, -0.1) is 0 Å². The van der Waals surface area contributed by atoms with Gasteiger partial charge in [-0.25, -0.2) is 8.78 Å². The van der Waals surface area contributed by atoms with Gasteiger partial charge in [0.2, 0.25) is 0 Å². The molecular weight excluding hydrogens is 648 g/mol. The number of ketones is 1. The van der Waals surface area contributed by atoms with Gasteiger partial charge < -0.3 is 20.4 Å². The minimum absolute atomic E-state index is 0.0294. The first-order chi connectivity index (χ1) is 24.4. The second-order valence-electron chi connectivity index (χ2n) is 15.0. The highest BCUT2D eigenvalue weighted by Gasteiger charge is 2.57. The molecule has 4 aromatic rings. The van der Waals surface area contributed by atoms with E-state index < -0.39 is 47.2 Å². The second-order valence-corrected chi connectivity index (χ2v) is 15.0. The highest BCUT2D eigenvalue weighted by atomic mass is 19.2. The number of hydrogen-bond acceptors (Lipinski definition) is 6. The van der Waals surface area contributed by atoms with E-state index in [1.807, 2.05) is 41.3 Å². The first-order valence-corrected chi connectivity index (χ1v) is 18.1. The van der Waals surface area contributed by atoms with Gasteiger partial charge in [0.25, 0.3) is 0 Å². The molecule has 0 spiro atoms. The molecule has 8 heteroatoms. The van der Waals surface area contributed by atoms with Crippen molar-refractivity contribution >= 4 is 16.6 Å². The lowest BCUT2D eigenvalue weighted by Gasteiger charge is -2.46. The van der Waals surface area contributed by atoms with Crippen LogP contribution in [0.25, 0.3) is 10.8 Å². The number of allylic oxidation sites excluding steroid dienone is 2. The van der Waals surface area contributed by atoms with Crippen LogP contribution >= 0.6 is 0 Å². The number of halogens is 2. The summed E-state index contributed by atoms with van der Waals surface area (Å²) in [5.74, 6) is -2.85. The molecule has 2 bridgehead atoms. The van der Waals surface area contributed by atoms with Crippen molar-refractivity contribution in [3.8, 4) is 0 Å². The summed E-state index contributed by atoms with van der Waals surface area (Å²) in [4.78, 5) is 16.2. The van der Waals surface area contributed by atoms with Gasteiger partial charge in [0, 0.05) is 36.2 Å². The minimum Gasteiger partial charge on any atom is -0.394 e. The average molecular weight is 698 g/mol. The largest absolute Gasteiger partial charge is 0.394 e. The number of nitrogens with zero attached hydrogens (tertiary/aromatic N) is 1. The third kappa shape index (κ3) is 7.86. The molecule has 0 unspecified atom stereocenters. The zero-order valence-electron chi connectivity index (χ0n) is 29.5. The number of fused-ring (bicyclic) bond motifs is 9. The van der Waals surface area contributed by atoms with Crippen LogP contribution in [0.1, 0.15) is 90.9 Å². The quantitative estimate of drug-likeness (QED) is 0.109. The summed E-state index contributed by atoms with van der Waals surface area (Å²) >= 11 is 0. The Hall–Kier alpha value is -3.79. The lowest BCUT2D eigenvalue weighted by atomic mass is 9.64. The van der Waals surface area contributed by atoms with Gasteiger partial charge in [-0.3, -0.25) is 9.69 Å². The molecule has 4 N–H and O–H groups in total. The van der Waals surface area contributed by atoms with Gasteiger partial charge in [-0.05, 0) is 110 Å². The maximum Gasteiger partial charge on any atom is 0.193 e. The zero-order valence-corrected chi connectivity index (χ0v) is 29.5. The molecular formula is C43H49F2NO5. The molecule has 0 saturated heterocycles. The smallest absolute Gasteiger partial charge is 0.193 e. The summed E-state index contributed by atoms with van der Waals surface area (Å²) < 4.78 is 28.3. The van der Waals surface area contributed by atoms with Crippen molar-refractivity contribution in [2.24, 2.45) is 5.41 Å². The molecule has 4 aromatic carbocycles. The van der Waals surface area contributed by atoms with Gasteiger partial charge in [0.05, 0.1) is 24.4 Å². The summed E-state index contributed by atoms with van der Waals surface area (Å²) in [6, 6.07) is 23.0. The normalized spacial score (nSPS) is 24.7. The van der Waals surface area contributed by atoms with E-state index in [2.05, 4.69) is 38.1 Å². The van der Waals surface area contributed by atoms with Crippen molar-refractivity contribution in [3.63, 3.8) is 0 Å². The molecule has 270 valence electrons. The predicted octanol–water partition coefficient (Wildman–Crippen LogP) is 7.24. The van der Waals surface area contributed by atoms with Gasteiger partial charge in [0.15, 0.2) is 17.4 Å². The van der Waals surface area contributed by atoms with Crippen LogP contribution in [0.4, 0.5) is 8.78 Å². The Kier molecular flexibility index (Phi) is 11.2. The number of hydrogen-bond donors (Lipinski definition) is 4. The molecule has 0 aromatic heterocycles. The first kappa shape index (κ1) is 37.0. The lowest BCUT2D eigenvalue weighted by Crippen LogP contribution is -2.53. The summed E-state index contributed by atoms with van der Waals surface area (Å²) in [5.41, 5.74) is 2.09. The molecule has 0 radical (unpaired) electrons. The SMILES string of the molecule is CC1=CCC[C@@]2(C)[C@@H](CC[C@@]2(O)CN(Cc2cccc3ccccc23)C[C@H](O)CO)c2ccc(cc2C(=O)c2ccc(F)c(F)c2)C[C@@H](O)CC1. The summed E-state index contributed by atoms with van der Waals surface area (Å²) in [6.07, 6.45) is 4.43. The molecule has 0 heterocycles. The number of carbonyl (C=O) groups is 1. The number of rotatable bonds is 9. The van der Waals surface area contributed by atoms with Crippen molar-refractivity contribution in [2.45, 2.75) is 89.1 Å². The summed E-state index contributed by atoms with van der Waals surface area (Å²) in [7, 11) is 0. The average Bonchev–Trinajstić information content (AvgIpc) is 3.36. The standard InChI is InChI=1S/C43H49F2NO5/c1-28-7-6-19-42(2)38(36-16-13-29(21-33(48)15-12-28)22-37(36)41(50)31-14-17-39(44)40(45)23-31)18-20-43(42,51)27-46(25-34(49)26-47)24-32-10-5-9-30-8-3-4-11-35(30)32/h3-5,7-11,13-14,16-17,22-23,33-34,38,47-49,51H,6,12,15,18-21,24-27H2,1-2H3/t33-,34-,38-,42-,43+/m0/s1. The van der Waals surface area contributed by atoms with E-state index in [9.17, 15) is 34.0 Å². The molecule has 0 aliphatic heterocycles. The van der Waals surface area contributed by atoms with Crippen molar-refractivity contribution in [3.05, 3.63) is 130 Å². The van der Waals surface area contributed by atoms with Crippen LogP contribution in [0.5, 0.6) is 0 Å². The molecule has 7 rings (SSSR count). The zero-order chi connectivity index (χ0) is 36.3. The molecule has 6 nitrogen and oxygen atoms in total. The van der Waals surface area contributed by atoms with E-state index in [0.29, 0.717) is 57.1 Å². The number of aliphatic hydroxyl groups is 4. The Balaban J connectivity index is 1.43. The molecule has 0 amide bonds. The van der Waals surface area contributed by atoms with E-state index >= 15 is 0 Å². The van der Waals surface area contributed by atoms with Crippen LogP contribution in [0.15, 0.2) is 90.5 Å². The molecule has 1 fully saturated rings. The van der Waals surface area contributed by atoms with Crippen LogP contribution in [0, 0.1) is 17.0 Å².